The number of nitrogens with one attached hydrogen (secondary N) is 1. The van der Waals surface area contributed by atoms with Gasteiger partial charge >= 0.3 is 0 Å². The number of hydrogen-bond donors (Lipinski definition) is 2. The average molecular weight is 544 g/mol. The fourth-order valence-corrected chi connectivity index (χ4v) is 5.62. The molecule has 0 radical (unpaired) electrons. The topological polar surface area (TPSA) is 133 Å². The van der Waals surface area contributed by atoms with Crippen LogP contribution in [0.15, 0.2) is 47.4 Å². The number of halogens is 1. The van der Waals surface area contributed by atoms with Gasteiger partial charge in [0.05, 0.1) is 41.6 Å². The smallest absolute Gasteiger partial charge is 0.258 e. The molecule has 0 saturated carbocycles. The minimum atomic E-state index is -4.01. The molecule has 13 heteroatoms. The average Bonchev–Trinajstić information content (AvgIpc) is 2.80. The molecule has 10 nitrogen and oxygen atoms in total. The van der Waals surface area contributed by atoms with E-state index in [-0.39, 0.29) is 41.6 Å². The second-order valence-electron chi connectivity index (χ2n) is 8.92. The minimum Gasteiger partial charge on any atom is -0.486 e. The molecule has 1 amide bonds. The van der Waals surface area contributed by atoms with Crippen LogP contribution in [0.5, 0.6) is 5.75 Å². The number of anilines is 1. The normalized spacial score (nSPS) is 19.8. The van der Waals surface area contributed by atoms with Crippen LogP contribution in [0.25, 0.3) is 0 Å². The van der Waals surface area contributed by atoms with Crippen molar-refractivity contribution >= 4 is 31.6 Å². The van der Waals surface area contributed by atoms with Gasteiger partial charge in [0.25, 0.3) is 5.91 Å². The standard InChI is InChI=1S/C23H30FN3O7S2/c1-15-12-27(16(2)14-28)23(29)19-6-5-7-20(25-35(4,30)31)22(19)34-21(15)13-26(3)36(32,33)18-10-8-17(24)9-11-18/h5-11,15-16,21,25,28H,12-14H2,1-4H3/t15-,16-,21-/m0/s1. The van der Waals surface area contributed by atoms with E-state index in [0.717, 1.165) is 34.8 Å². The van der Waals surface area contributed by atoms with Crippen molar-refractivity contribution in [2.75, 3.05) is 37.7 Å². The lowest BCUT2D eigenvalue weighted by atomic mass is 9.99. The lowest BCUT2D eigenvalue weighted by Crippen LogP contribution is -2.50. The van der Waals surface area contributed by atoms with Crippen molar-refractivity contribution in [3.05, 3.63) is 53.8 Å². The van der Waals surface area contributed by atoms with Crippen molar-refractivity contribution in [2.45, 2.75) is 30.9 Å². The van der Waals surface area contributed by atoms with Gasteiger partial charge in [-0.1, -0.05) is 13.0 Å². The van der Waals surface area contributed by atoms with Crippen LogP contribution in [0.2, 0.25) is 0 Å². The third-order valence-electron chi connectivity index (χ3n) is 5.95. The van der Waals surface area contributed by atoms with Gasteiger partial charge < -0.3 is 14.7 Å². The van der Waals surface area contributed by atoms with Gasteiger partial charge in [-0.25, -0.2) is 21.2 Å². The van der Waals surface area contributed by atoms with Crippen LogP contribution in [0.3, 0.4) is 0 Å². The number of sulfonamides is 2. The van der Waals surface area contributed by atoms with E-state index in [4.69, 9.17) is 4.74 Å². The number of para-hydroxylation sites is 1. The Labute approximate surface area is 210 Å². The maximum atomic E-state index is 13.4. The van der Waals surface area contributed by atoms with Crippen molar-refractivity contribution < 1.29 is 35.9 Å². The largest absolute Gasteiger partial charge is 0.486 e. The highest BCUT2D eigenvalue weighted by molar-refractivity contribution is 7.92. The van der Waals surface area contributed by atoms with Gasteiger partial charge in [-0.2, -0.15) is 4.31 Å². The van der Waals surface area contributed by atoms with Crippen LogP contribution in [-0.4, -0.2) is 82.2 Å². The Morgan fingerprint density at radius 1 is 1.19 bits per heavy atom. The molecule has 0 aliphatic carbocycles. The summed E-state index contributed by atoms with van der Waals surface area (Å²) in [5, 5.41) is 9.74. The van der Waals surface area contributed by atoms with Crippen molar-refractivity contribution in [3.8, 4) is 5.75 Å². The number of ether oxygens (including phenoxy) is 1. The number of fused-ring (bicyclic) bond motifs is 1. The molecular formula is C23H30FN3O7S2. The molecule has 0 unspecified atom stereocenters. The molecule has 1 heterocycles. The molecule has 1 aliphatic heterocycles. The first-order valence-electron chi connectivity index (χ1n) is 11.2. The van der Waals surface area contributed by atoms with Crippen LogP contribution in [0, 0.1) is 11.7 Å². The fraction of sp³-hybridized carbons (Fsp3) is 0.435. The number of aliphatic hydroxyl groups excluding tert-OH is 1. The number of benzene rings is 2. The number of carbonyl (C=O) groups is 1. The molecule has 0 bridgehead atoms. The highest BCUT2D eigenvalue weighted by atomic mass is 32.2. The maximum absolute atomic E-state index is 13.4. The predicted molar refractivity (Wildman–Crippen MR) is 132 cm³/mol. The lowest BCUT2D eigenvalue weighted by molar-refractivity contribution is 0.0389. The highest BCUT2D eigenvalue weighted by Crippen LogP contribution is 2.35. The van der Waals surface area contributed by atoms with Crippen LogP contribution in [0.1, 0.15) is 24.2 Å². The van der Waals surface area contributed by atoms with Gasteiger partial charge in [0, 0.05) is 19.5 Å². The zero-order chi connectivity index (χ0) is 26.8. The van der Waals surface area contributed by atoms with Gasteiger partial charge in [-0.3, -0.25) is 9.52 Å². The van der Waals surface area contributed by atoms with Crippen molar-refractivity contribution in [3.63, 3.8) is 0 Å². The van der Waals surface area contributed by atoms with Crippen LogP contribution >= 0.6 is 0 Å². The first-order chi connectivity index (χ1) is 16.7. The molecule has 0 aromatic heterocycles. The van der Waals surface area contributed by atoms with E-state index in [1.165, 1.54) is 30.1 Å². The van der Waals surface area contributed by atoms with E-state index in [1.54, 1.807) is 13.8 Å². The lowest BCUT2D eigenvalue weighted by Gasteiger charge is -2.38. The first-order valence-corrected chi connectivity index (χ1v) is 14.5. The van der Waals surface area contributed by atoms with E-state index < -0.39 is 49.8 Å². The van der Waals surface area contributed by atoms with Gasteiger partial charge in [-0.05, 0) is 43.3 Å². The summed E-state index contributed by atoms with van der Waals surface area (Å²) >= 11 is 0. The Morgan fingerprint density at radius 3 is 2.42 bits per heavy atom. The summed E-state index contributed by atoms with van der Waals surface area (Å²) in [6.45, 7) is 3.14. The number of carbonyl (C=O) groups excluding carboxylic acids is 1. The molecule has 2 aromatic carbocycles. The molecule has 0 saturated heterocycles. The molecule has 1 aliphatic rings. The number of aliphatic hydroxyl groups is 1. The van der Waals surface area contributed by atoms with E-state index in [2.05, 4.69) is 4.72 Å². The summed E-state index contributed by atoms with van der Waals surface area (Å²) in [5.74, 6) is -1.49. The van der Waals surface area contributed by atoms with Crippen molar-refractivity contribution in [1.82, 2.24) is 9.21 Å². The number of amides is 1. The van der Waals surface area contributed by atoms with E-state index >= 15 is 0 Å². The molecule has 198 valence electrons. The summed E-state index contributed by atoms with van der Waals surface area (Å²) in [6.07, 6.45) is 0.147. The maximum Gasteiger partial charge on any atom is 0.258 e. The Hall–Kier alpha value is -2.74. The fourth-order valence-electron chi connectivity index (χ4n) is 3.88. The van der Waals surface area contributed by atoms with Gasteiger partial charge in [-0.15, -0.1) is 0 Å². The Kier molecular flexibility index (Phi) is 8.28. The molecule has 0 spiro atoms. The zero-order valence-electron chi connectivity index (χ0n) is 20.4. The number of nitrogens with zero attached hydrogens (tertiary/aromatic N) is 2. The minimum absolute atomic E-state index is 0.0306. The zero-order valence-corrected chi connectivity index (χ0v) is 22.0. The van der Waals surface area contributed by atoms with Crippen LogP contribution < -0.4 is 9.46 Å². The van der Waals surface area contributed by atoms with Crippen molar-refractivity contribution in [2.24, 2.45) is 5.92 Å². The third-order valence-corrected chi connectivity index (χ3v) is 8.37. The van der Waals surface area contributed by atoms with Gasteiger partial charge in [0.2, 0.25) is 20.0 Å². The SMILES string of the molecule is C[C@H]1CN([C@@H](C)CO)C(=O)c2cccc(NS(C)(=O)=O)c2O[C@H]1CN(C)S(=O)(=O)c1ccc(F)cc1. The van der Waals surface area contributed by atoms with E-state index in [9.17, 15) is 31.1 Å². The third kappa shape index (κ3) is 6.14. The quantitative estimate of drug-likeness (QED) is 0.518. The van der Waals surface area contributed by atoms with Crippen LogP contribution in [0.4, 0.5) is 10.1 Å². The van der Waals surface area contributed by atoms with Crippen LogP contribution in [-0.2, 0) is 20.0 Å². The second kappa shape index (κ2) is 10.7. The van der Waals surface area contributed by atoms with E-state index in [0.29, 0.717) is 0 Å². The van der Waals surface area contributed by atoms with E-state index in [1.807, 2.05) is 0 Å². The number of likely N-dealkylation sites (N-methyl/N-ethyl adjacent to an activating group) is 1. The molecule has 0 fully saturated rings. The summed E-state index contributed by atoms with van der Waals surface area (Å²) in [4.78, 5) is 14.7. The van der Waals surface area contributed by atoms with Crippen molar-refractivity contribution in [1.29, 1.82) is 0 Å². The summed E-state index contributed by atoms with van der Waals surface area (Å²) in [5.41, 5.74) is 0.105. The summed E-state index contributed by atoms with van der Waals surface area (Å²) in [7, 11) is -6.38. The monoisotopic (exact) mass is 543 g/mol. The molecule has 2 N–H and O–H groups in total. The highest BCUT2D eigenvalue weighted by Gasteiger charge is 2.36. The number of rotatable bonds is 8. The Bertz CT molecular complexity index is 1320. The van der Waals surface area contributed by atoms with Gasteiger partial charge in [0.1, 0.15) is 11.9 Å². The molecule has 3 rings (SSSR count). The Balaban J connectivity index is 2.05. The molecule has 2 aromatic rings. The second-order valence-corrected chi connectivity index (χ2v) is 12.7. The number of hydrogen-bond acceptors (Lipinski definition) is 7. The first kappa shape index (κ1) is 27.8. The summed E-state index contributed by atoms with van der Waals surface area (Å²) in [6, 6.07) is 8.29. The molecule has 3 atom stereocenters. The Morgan fingerprint density at radius 2 is 1.83 bits per heavy atom. The summed E-state index contributed by atoms with van der Waals surface area (Å²) < 4.78 is 73.1. The van der Waals surface area contributed by atoms with Gasteiger partial charge in [0.15, 0.2) is 5.75 Å². The molecule has 36 heavy (non-hydrogen) atoms. The molecular weight excluding hydrogens is 513 g/mol. The predicted octanol–water partition coefficient (Wildman–Crippen LogP) is 1.74.